The highest BCUT2D eigenvalue weighted by molar-refractivity contribution is 7.09. The smallest absolute Gasteiger partial charge is 0.163 e. The largest absolute Gasteiger partial charge is 0.487 e. The second kappa shape index (κ2) is 5.05. The summed E-state index contributed by atoms with van der Waals surface area (Å²) in [4.78, 5) is 16.2. The third kappa shape index (κ3) is 2.88. The molecule has 0 aliphatic carbocycles. The average molecular weight is 251 g/mol. The fourth-order valence-electron chi connectivity index (χ4n) is 1.37. The summed E-state index contributed by atoms with van der Waals surface area (Å²) in [5.74, 6) is -0.301. The number of benzene rings is 1. The molecule has 0 saturated carbocycles. The van der Waals surface area contributed by atoms with Crippen LogP contribution in [0.5, 0.6) is 5.75 Å². The van der Waals surface area contributed by atoms with E-state index in [1.807, 2.05) is 0 Å². The minimum Gasteiger partial charge on any atom is -0.487 e. The summed E-state index contributed by atoms with van der Waals surface area (Å²) in [6, 6.07) is 3.90. The molecule has 0 saturated heterocycles. The minimum atomic E-state index is -0.422. The third-order valence-electron chi connectivity index (χ3n) is 2.18. The molecule has 0 N–H and O–H groups in total. The first-order chi connectivity index (χ1) is 8.16. The Bertz CT molecular complexity index is 525. The fourth-order valence-corrected chi connectivity index (χ4v) is 1.87. The molecule has 0 aliphatic heterocycles. The molecule has 0 spiro atoms. The van der Waals surface area contributed by atoms with Gasteiger partial charge in [-0.3, -0.25) is 9.78 Å². The van der Waals surface area contributed by atoms with Gasteiger partial charge in [-0.1, -0.05) is 0 Å². The van der Waals surface area contributed by atoms with Crippen LogP contribution in [0.1, 0.15) is 22.2 Å². The number of carbonyl (C=O) groups is 1. The van der Waals surface area contributed by atoms with Crippen molar-refractivity contribution in [1.82, 2.24) is 4.98 Å². The van der Waals surface area contributed by atoms with Gasteiger partial charge in [-0.05, 0) is 19.1 Å². The molecule has 0 atom stereocenters. The van der Waals surface area contributed by atoms with Gasteiger partial charge in [0.25, 0.3) is 0 Å². The average Bonchev–Trinajstić information content (AvgIpc) is 2.78. The monoisotopic (exact) mass is 251 g/mol. The zero-order valence-corrected chi connectivity index (χ0v) is 9.96. The first kappa shape index (κ1) is 11.7. The minimum absolute atomic E-state index is 0.149. The van der Waals surface area contributed by atoms with Crippen LogP contribution in [0.4, 0.5) is 4.39 Å². The van der Waals surface area contributed by atoms with Gasteiger partial charge in [0, 0.05) is 12.3 Å². The van der Waals surface area contributed by atoms with Crippen LogP contribution >= 0.6 is 11.3 Å². The summed E-state index contributed by atoms with van der Waals surface area (Å²) in [7, 11) is 0. The molecule has 0 aliphatic rings. The van der Waals surface area contributed by atoms with E-state index in [0.29, 0.717) is 5.56 Å². The number of nitrogens with zero attached hydrogens (tertiary/aromatic N) is 1. The van der Waals surface area contributed by atoms with Crippen molar-refractivity contribution in [2.24, 2.45) is 0 Å². The van der Waals surface area contributed by atoms with Gasteiger partial charge in [0.2, 0.25) is 0 Å². The quantitative estimate of drug-likeness (QED) is 0.784. The van der Waals surface area contributed by atoms with Crippen LogP contribution in [0.25, 0.3) is 0 Å². The second-order valence-corrected chi connectivity index (χ2v) is 4.42. The topological polar surface area (TPSA) is 39.2 Å². The Balaban J connectivity index is 2.19. The van der Waals surface area contributed by atoms with E-state index >= 15 is 0 Å². The van der Waals surface area contributed by atoms with Crippen molar-refractivity contribution >= 4 is 17.1 Å². The van der Waals surface area contributed by atoms with Crippen molar-refractivity contribution in [3.8, 4) is 5.75 Å². The summed E-state index contributed by atoms with van der Waals surface area (Å²) < 4.78 is 18.5. The normalized spacial score (nSPS) is 10.2. The van der Waals surface area contributed by atoms with Crippen LogP contribution in [0.3, 0.4) is 0 Å². The van der Waals surface area contributed by atoms with Gasteiger partial charge < -0.3 is 4.74 Å². The molecule has 2 aromatic rings. The number of rotatable bonds is 4. The van der Waals surface area contributed by atoms with E-state index in [-0.39, 0.29) is 18.1 Å². The Morgan fingerprint density at radius 3 is 3.00 bits per heavy atom. The predicted molar refractivity (Wildman–Crippen MR) is 62.9 cm³/mol. The van der Waals surface area contributed by atoms with Crippen LogP contribution in [0, 0.1) is 5.82 Å². The lowest BCUT2D eigenvalue weighted by Crippen LogP contribution is -2.01. The highest BCUT2D eigenvalue weighted by Crippen LogP contribution is 2.22. The number of carbonyl (C=O) groups excluding carboxylic acids is 1. The van der Waals surface area contributed by atoms with Crippen molar-refractivity contribution < 1.29 is 13.9 Å². The lowest BCUT2D eigenvalue weighted by molar-refractivity contribution is 0.101. The van der Waals surface area contributed by atoms with E-state index in [4.69, 9.17) is 4.74 Å². The maximum Gasteiger partial charge on any atom is 0.163 e. The number of thiazole rings is 1. The zero-order valence-electron chi connectivity index (χ0n) is 9.14. The number of Topliss-reactive ketones (excluding diaryl/α,β-unsaturated/α-hetero) is 1. The molecule has 0 unspecified atom stereocenters. The number of halogens is 1. The van der Waals surface area contributed by atoms with Crippen LogP contribution in [0.15, 0.2) is 29.9 Å². The van der Waals surface area contributed by atoms with E-state index in [9.17, 15) is 9.18 Å². The number of ether oxygens (including phenoxy) is 1. The van der Waals surface area contributed by atoms with E-state index in [1.165, 1.54) is 36.5 Å². The molecule has 1 heterocycles. The Morgan fingerprint density at radius 1 is 1.53 bits per heavy atom. The van der Waals surface area contributed by atoms with Crippen molar-refractivity contribution in [3.05, 3.63) is 46.2 Å². The summed E-state index contributed by atoms with van der Waals surface area (Å²) in [6.45, 7) is 1.71. The van der Waals surface area contributed by atoms with Crippen LogP contribution < -0.4 is 4.74 Å². The molecular weight excluding hydrogens is 241 g/mol. The molecule has 1 aromatic carbocycles. The summed E-state index contributed by atoms with van der Waals surface area (Å²) in [5, 5.41) is 0. The van der Waals surface area contributed by atoms with E-state index in [0.717, 1.165) is 4.88 Å². The molecule has 0 amide bonds. The van der Waals surface area contributed by atoms with E-state index in [1.54, 1.807) is 11.7 Å². The van der Waals surface area contributed by atoms with Gasteiger partial charge in [-0.25, -0.2) is 4.39 Å². The molecule has 17 heavy (non-hydrogen) atoms. The SMILES string of the molecule is CC(=O)c1ccc(F)cc1OCc1cncs1. The van der Waals surface area contributed by atoms with Gasteiger partial charge in [0.05, 0.1) is 16.0 Å². The predicted octanol–water partition coefficient (Wildman–Crippen LogP) is 3.06. The fraction of sp³-hybridized carbons (Fsp3) is 0.167. The Morgan fingerprint density at radius 2 is 2.35 bits per heavy atom. The number of hydrogen-bond acceptors (Lipinski definition) is 4. The van der Waals surface area contributed by atoms with Gasteiger partial charge >= 0.3 is 0 Å². The van der Waals surface area contributed by atoms with Crippen LogP contribution in [-0.4, -0.2) is 10.8 Å². The summed E-state index contributed by atoms with van der Waals surface area (Å²) >= 11 is 1.45. The molecule has 5 heteroatoms. The molecular formula is C12H10FNO2S. The van der Waals surface area contributed by atoms with Crippen LogP contribution in [-0.2, 0) is 6.61 Å². The van der Waals surface area contributed by atoms with E-state index in [2.05, 4.69) is 4.98 Å². The van der Waals surface area contributed by atoms with Gasteiger partial charge in [0.1, 0.15) is 18.2 Å². The van der Waals surface area contributed by atoms with Gasteiger partial charge in [-0.2, -0.15) is 0 Å². The number of hydrogen-bond donors (Lipinski definition) is 0. The van der Waals surface area contributed by atoms with Crippen molar-refractivity contribution in [3.63, 3.8) is 0 Å². The summed E-state index contributed by atoms with van der Waals surface area (Å²) in [6.07, 6.45) is 1.68. The zero-order chi connectivity index (χ0) is 12.3. The van der Waals surface area contributed by atoms with Crippen LogP contribution in [0.2, 0.25) is 0 Å². The highest BCUT2D eigenvalue weighted by Gasteiger charge is 2.10. The molecule has 88 valence electrons. The standard InChI is InChI=1S/C12H10FNO2S/c1-8(15)11-3-2-9(13)4-12(11)16-6-10-5-14-7-17-10/h2-5,7H,6H2,1H3. The Hall–Kier alpha value is -1.75. The molecule has 0 radical (unpaired) electrons. The van der Waals surface area contributed by atoms with Gasteiger partial charge in [-0.15, -0.1) is 11.3 Å². The van der Waals surface area contributed by atoms with Gasteiger partial charge in [0.15, 0.2) is 5.78 Å². The first-order valence-corrected chi connectivity index (χ1v) is 5.85. The summed E-state index contributed by atoms with van der Waals surface area (Å²) in [5.41, 5.74) is 2.08. The number of aromatic nitrogens is 1. The lowest BCUT2D eigenvalue weighted by atomic mass is 10.1. The maximum absolute atomic E-state index is 13.1. The Labute approximate surface area is 102 Å². The highest BCUT2D eigenvalue weighted by atomic mass is 32.1. The second-order valence-electron chi connectivity index (χ2n) is 3.45. The van der Waals surface area contributed by atoms with Crippen molar-refractivity contribution in [2.75, 3.05) is 0 Å². The third-order valence-corrected chi connectivity index (χ3v) is 2.93. The molecule has 0 bridgehead atoms. The number of ketones is 1. The Kier molecular flexibility index (Phi) is 3.49. The molecule has 3 nitrogen and oxygen atoms in total. The molecule has 0 fully saturated rings. The van der Waals surface area contributed by atoms with Crippen molar-refractivity contribution in [1.29, 1.82) is 0 Å². The van der Waals surface area contributed by atoms with E-state index < -0.39 is 5.82 Å². The molecule has 2 rings (SSSR count). The maximum atomic E-state index is 13.1. The lowest BCUT2D eigenvalue weighted by Gasteiger charge is -2.08. The first-order valence-electron chi connectivity index (χ1n) is 4.97. The van der Waals surface area contributed by atoms with Crippen molar-refractivity contribution in [2.45, 2.75) is 13.5 Å². The molecule has 1 aromatic heterocycles.